The number of hydrazine groups is 1. The van der Waals surface area contributed by atoms with E-state index in [-0.39, 0.29) is 11.5 Å². The van der Waals surface area contributed by atoms with E-state index in [1.807, 2.05) is 30.3 Å². The molecule has 0 aromatic heterocycles. The van der Waals surface area contributed by atoms with Gasteiger partial charge in [0.15, 0.2) is 0 Å². The minimum Gasteiger partial charge on any atom is -0.272 e. The van der Waals surface area contributed by atoms with Gasteiger partial charge in [0, 0.05) is 0 Å². The van der Waals surface area contributed by atoms with Crippen molar-refractivity contribution >= 4 is 11.8 Å². The highest BCUT2D eigenvalue weighted by Crippen LogP contribution is 2.43. The predicted molar refractivity (Wildman–Crippen MR) is 84.0 cm³/mol. The lowest BCUT2D eigenvalue weighted by Gasteiger charge is -2.40. The molecule has 0 unspecified atom stereocenters. The predicted octanol–water partition coefficient (Wildman–Crippen LogP) is 2.71. The van der Waals surface area contributed by atoms with Crippen molar-refractivity contribution in [3.8, 4) is 0 Å². The summed E-state index contributed by atoms with van der Waals surface area (Å²) in [4.78, 5) is 24.5. The van der Waals surface area contributed by atoms with E-state index in [1.54, 1.807) is 6.07 Å². The Hall–Kier alpha value is -2.69. The van der Waals surface area contributed by atoms with E-state index in [0.717, 1.165) is 24.8 Å². The van der Waals surface area contributed by atoms with Crippen LogP contribution in [0.3, 0.4) is 0 Å². The van der Waals surface area contributed by atoms with Crippen LogP contribution in [0.5, 0.6) is 0 Å². The quantitative estimate of drug-likeness (QED) is 0.856. The second-order valence-corrected chi connectivity index (χ2v) is 5.69. The molecule has 1 saturated carbocycles. The summed E-state index contributed by atoms with van der Waals surface area (Å²) in [6.45, 7) is 0. The number of hydrogen-bond acceptors (Lipinski definition) is 2. The number of carbonyl (C=O) groups is 2. The molecule has 0 aliphatic heterocycles. The molecule has 3 rings (SSSR count). The van der Waals surface area contributed by atoms with Crippen LogP contribution >= 0.6 is 0 Å². The molecule has 2 N–H and O–H groups in total. The Morgan fingerprint density at radius 1 is 0.913 bits per heavy atom. The second kappa shape index (κ2) is 6.20. The Morgan fingerprint density at radius 2 is 1.57 bits per heavy atom. The van der Waals surface area contributed by atoms with Gasteiger partial charge in [-0.1, -0.05) is 48.9 Å². The van der Waals surface area contributed by atoms with Gasteiger partial charge in [-0.2, -0.15) is 0 Å². The van der Waals surface area contributed by atoms with Crippen LogP contribution in [-0.4, -0.2) is 11.8 Å². The van der Waals surface area contributed by atoms with Gasteiger partial charge in [0.05, 0.1) is 11.0 Å². The van der Waals surface area contributed by atoms with E-state index >= 15 is 0 Å². The minimum atomic E-state index is -0.668. The van der Waals surface area contributed by atoms with Gasteiger partial charge in [0.25, 0.3) is 5.91 Å². The number of benzene rings is 2. The zero-order valence-electron chi connectivity index (χ0n) is 12.5. The number of nitrogens with one attached hydrogen (secondary N) is 2. The Balaban J connectivity index is 1.70. The van der Waals surface area contributed by atoms with Crippen molar-refractivity contribution in [3.63, 3.8) is 0 Å². The van der Waals surface area contributed by atoms with Gasteiger partial charge in [-0.3, -0.25) is 20.4 Å². The summed E-state index contributed by atoms with van der Waals surface area (Å²) in [5, 5.41) is 0. The van der Waals surface area contributed by atoms with Gasteiger partial charge in [0.2, 0.25) is 5.91 Å². The Kier molecular flexibility index (Phi) is 4.10. The van der Waals surface area contributed by atoms with Gasteiger partial charge in [0.1, 0.15) is 5.82 Å². The largest absolute Gasteiger partial charge is 0.272 e. The first-order valence-corrected chi connectivity index (χ1v) is 7.54. The summed E-state index contributed by atoms with van der Waals surface area (Å²) in [7, 11) is 0. The zero-order chi connectivity index (χ0) is 16.3. The molecule has 0 heterocycles. The Morgan fingerprint density at radius 3 is 2.17 bits per heavy atom. The molecule has 2 aromatic rings. The van der Waals surface area contributed by atoms with Gasteiger partial charge in [-0.05, 0) is 30.5 Å². The first kappa shape index (κ1) is 15.2. The van der Waals surface area contributed by atoms with Gasteiger partial charge in [-0.25, -0.2) is 4.39 Å². The fraction of sp³-hybridized carbons (Fsp3) is 0.222. The third-order valence-electron chi connectivity index (χ3n) is 4.38. The normalized spacial score (nSPS) is 15.3. The molecule has 118 valence electrons. The van der Waals surface area contributed by atoms with E-state index in [2.05, 4.69) is 10.9 Å². The standard InChI is InChI=1S/C18H17FN2O2/c19-15-10-5-4-9-14(15)16(22)20-21-17(23)18(11-6-12-18)13-7-2-1-3-8-13/h1-5,7-10H,6,11-12H2,(H,20,22)(H,21,23). The zero-order valence-corrected chi connectivity index (χ0v) is 12.5. The Labute approximate surface area is 133 Å². The molecule has 0 atom stereocenters. The van der Waals surface area contributed by atoms with Crippen LogP contribution in [0.1, 0.15) is 35.2 Å². The van der Waals surface area contributed by atoms with Crippen LogP contribution < -0.4 is 10.9 Å². The molecule has 1 aliphatic carbocycles. The van der Waals surface area contributed by atoms with Crippen molar-refractivity contribution in [3.05, 3.63) is 71.5 Å². The van der Waals surface area contributed by atoms with E-state index in [4.69, 9.17) is 0 Å². The summed E-state index contributed by atoms with van der Waals surface area (Å²) >= 11 is 0. The monoisotopic (exact) mass is 312 g/mol. The fourth-order valence-electron chi connectivity index (χ4n) is 2.88. The molecule has 0 radical (unpaired) electrons. The SMILES string of the molecule is O=C(NNC(=O)C1(c2ccccc2)CCC1)c1ccccc1F. The molecular formula is C18H17FN2O2. The molecule has 2 amide bonds. The van der Waals surface area contributed by atoms with E-state index < -0.39 is 17.1 Å². The van der Waals surface area contributed by atoms with Crippen molar-refractivity contribution in [2.24, 2.45) is 0 Å². The molecule has 0 spiro atoms. The maximum absolute atomic E-state index is 13.6. The third kappa shape index (κ3) is 2.82. The maximum atomic E-state index is 13.6. The van der Waals surface area contributed by atoms with Crippen molar-refractivity contribution < 1.29 is 14.0 Å². The van der Waals surface area contributed by atoms with E-state index in [9.17, 15) is 14.0 Å². The van der Waals surface area contributed by atoms with Crippen molar-refractivity contribution in [1.82, 2.24) is 10.9 Å². The minimum absolute atomic E-state index is 0.102. The van der Waals surface area contributed by atoms with Gasteiger partial charge < -0.3 is 0 Å². The summed E-state index contributed by atoms with van der Waals surface area (Å²) in [6, 6.07) is 15.1. The van der Waals surface area contributed by atoms with Crippen LogP contribution in [-0.2, 0) is 10.2 Å². The molecule has 0 bridgehead atoms. The number of amides is 2. The third-order valence-corrected chi connectivity index (χ3v) is 4.38. The molecule has 23 heavy (non-hydrogen) atoms. The highest BCUT2D eigenvalue weighted by Gasteiger charge is 2.45. The van der Waals surface area contributed by atoms with Crippen molar-refractivity contribution in [1.29, 1.82) is 0 Å². The Bertz CT molecular complexity index is 727. The highest BCUT2D eigenvalue weighted by atomic mass is 19.1. The smallest absolute Gasteiger partial charge is 0.272 e. The van der Waals surface area contributed by atoms with E-state index in [1.165, 1.54) is 18.2 Å². The molecule has 2 aromatic carbocycles. The van der Waals surface area contributed by atoms with Gasteiger partial charge >= 0.3 is 0 Å². The van der Waals surface area contributed by atoms with Crippen molar-refractivity contribution in [2.45, 2.75) is 24.7 Å². The number of carbonyl (C=O) groups excluding carboxylic acids is 2. The summed E-state index contributed by atoms with van der Waals surface area (Å²) < 4.78 is 13.6. The van der Waals surface area contributed by atoms with Crippen molar-refractivity contribution in [2.75, 3.05) is 0 Å². The first-order valence-electron chi connectivity index (χ1n) is 7.54. The summed E-state index contributed by atoms with van der Waals surface area (Å²) in [6.07, 6.45) is 2.43. The molecular weight excluding hydrogens is 295 g/mol. The molecule has 4 nitrogen and oxygen atoms in total. The van der Waals surface area contributed by atoms with Crippen LogP contribution in [0, 0.1) is 5.82 Å². The van der Waals surface area contributed by atoms with Crippen LogP contribution in [0.15, 0.2) is 54.6 Å². The van der Waals surface area contributed by atoms with E-state index in [0.29, 0.717) is 0 Å². The molecule has 1 aliphatic rings. The van der Waals surface area contributed by atoms with Crippen LogP contribution in [0.25, 0.3) is 0 Å². The number of rotatable bonds is 3. The second-order valence-electron chi connectivity index (χ2n) is 5.69. The van der Waals surface area contributed by atoms with Crippen LogP contribution in [0.4, 0.5) is 4.39 Å². The number of hydrogen-bond donors (Lipinski definition) is 2. The lowest BCUT2D eigenvalue weighted by Crippen LogP contribution is -2.54. The topological polar surface area (TPSA) is 58.2 Å². The number of halogens is 1. The average molecular weight is 312 g/mol. The first-order chi connectivity index (χ1) is 11.1. The lowest BCUT2D eigenvalue weighted by atomic mass is 9.64. The fourth-order valence-corrected chi connectivity index (χ4v) is 2.88. The van der Waals surface area contributed by atoms with Gasteiger partial charge in [-0.15, -0.1) is 0 Å². The molecule has 5 heteroatoms. The highest BCUT2D eigenvalue weighted by molar-refractivity contribution is 5.97. The maximum Gasteiger partial charge on any atom is 0.272 e. The van der Waals surface area contributed by atoms with Crippen LogP contribution in [0.2, 0.25) is 0 Å². The molecule has 0 saturated heterocycles. The summed E-state index contributed by atoms with van der Waals surface area (Å²) in [5.74, 6) is -1.56. The molecule has 1 fully saturated rings. The lowest BCUT2D eigenvalue weighted by molar-refractivity contribution is -0.130. The summed E-state index contributed by atoms with van der Waals surface area (Å²) in [5.41, 5.74) is 4.97. The average Bonchev–Trinajstić information content (AvgIpc) is 2.53.